The van der Waals surface area contributed by atoms with Crippen LogP contribution in [0, 0.1) is 0 Å². The van der Waals surface area contributed by atoms with E-state index in [0.29, 0.717) is 0 Å². The summed E-state index contributed by atoms with van der Waals surface area (Å²) in [6.45, 7) is 4.31. The van der Waals surface area contributed by atoms with Gasteiger partial charge in [0.2, 0.25) is 0 Å². The van der Waals surface area contributed by atoms with E-state index < -0.39 is 5.91 Å². The summed E-state index contributed by atoms with van der Waals surface area (Å²) in [6.07, 6.45) is 6.15. The van der Waals surface area contributed by atoms with E-state index in [1.54, 1.807) is 4.90 Å². The van der Waals surface area contributed by atoms with Crippen LogP contribution in [0.2, 0.25) is 0 Å². The van der Waals surface area contributed by atoms with Gasteiger partial charge in [0, 0.05) is 38.8 Å². The van der Waals surface area contributed by atoms with Gasteiger partial charge in [0.15, 0.2) is 0 Å². The van der Waals surface area contributed by atoms with Crippen LogP contribution < -0.4 is 5.32 Å². The Morgan fingerprint density at radius 3 is 2.20 bits per heavy atom. The second-order valence-corrected chi connectivity index (χ2v) is 7.22. The van der Waals surface area contributed by atoms with Crippen molar-refractivity contribution in [3.63, 3.8) is 0 Å². The summed E-state index contributed by atoms with van der Waals surface area (Å²) in [7, 11) is 0. The molecule has 2 saturated heterocycles. The first-order valence-corrected chi connectivity index (χ1v) is 9.58. The van der Waals surface area contributed by atoms with Crippen LogP contribution >= 0.6 is 0 Å². The van der Waals surface area contributed by atoms with Crippen molar-refractivity contribution in [3.05, 3.63) is 35.9 Å². The van der Waals surface area contributed by atoms with Gasteiger partial charge in [-0.2, -0.15) is 0 Å². The number of benzene rings is 1. The van der Waals surface area contributed by atoms with Gasteiger partial charge in [-0.3, -0.25) is 14.5 Å². The fraction of sp³-hybridized carbons (Fsp3) is 0.600. The van der Waals surface area contributed by atoms with E-state index in [1.807, 2.05) is 6.07 Å². The van der Waals surface area contributed by atoms with Gasteiger partial charge in [0.25, 0.3) is 0 Å². The minimum atomic E-state index is -0.414. The molecule has 0 aromatic heterocycles. The van der Waals surface area contributed by atoms with E-state index in [2.05, 4.69) is 34.5 Å². The Balaban J connectivity index is 1.42. The fourth-order valence-corrected chi connectivity index (χ4v) is 3.74. The number of carbonyl (C=O) groups is 2. The van der Waals surface area contributed by atoms with Gasteiger partial charge in [-0.1, -0.05) is 43.2 Å². The van der Waals surface area contributed by atoms with Gasteiger partial charge in [0.1, 0.15) is 0 Å². The number of hydrogen-bond donors (Lipinski definition) is 1. The van der Waals surface area contributed by atoms with Crippen molar-refractivity contribution in [1.29, 1.82) is 0 Å². The molecule has 1 aromatic carbocycles. The van der Waals surface area contributed by atoms with Crippen LogP contribution in [0.3, 0.4) is 0 Å². The van der Waals surface area contributed by atoms with Gasteiger partial charge in [-0.15, -0.1) is 0 Å². The largest absolute Gasteiger partial charge is 0.345 e. The average Bonchev–Trinajstić information content (AvgIpc) is 2.93. The number of amides is 2. The zero-order chi connectivity index (χ0) is 17.5. The Morgan fingerprint density at radius 2 is 1.56 bits per heavy atom. The molecule has 2 heterocycles. The lowest BCUT2D eigenvalue weighted by Gasteiger charge is -2.32. The van der Waals surface area contributed by atoms with Crippen molar-refractivity contribution in [2.75, 3.05) is 26.2 Å². The second-order valence-electron chi connectivity index (χ2n) is 7.22. The molecule has 0 saturated carbocycles. The third-order valence-corrected chi connectivity index (χ3v) is 5.26. The smallest absolute Gasteiger partial charge is 0.311 e. The maximum absolute atomic E-state index is 12.3. The summed E-state index contributed by atoms with van der Waals surface area (Å²) in [5.41, 5.74) is 1.32. The summed E-state index contributed by atoms with van der Waals surface area (Å²) in [4.78, 5) is 28.8. The Bertz CT molecular complexity index is 560. The Hall–Kier alpha value is -1.88. The summed E-state index contributed by atoms with van der Waals surface area (Å²) >= 11 is 0. The van der Waals surface area contributed by atoms with Gasteiger partial charge in [-0.05, 0) is 31.2 Å². The lowest BCUT2D eigenvalue weighted by molar-refractivity contribution is -0.146. The van der Waals surface area contributed by atoms with Crippen molar-refractivity contribution < 1.29 is 9.59 Å². The van der Waals surface area contributed by atoms with Crippen LogP contribution in [-0.2, 0) is 16.1 Å². The minimum absolute atomic E-state index is 0.121. The van der Waals surface area contributed by atoms with Crippen molar-refractivity contribution >= 4 is 11.8 Å². The standard InChI is InChI=1S/C20H29N3O2/c24-19(20(25)23-12-6-1-2-7-13-23)21-18-10-14-22(15-11-18)16-17-8-4-3-5-9-17/h3-5,8-9,18H,1-2,6-7,10-16H2,(H,21,24). The predicted octanol–water partition coefficient (Wildman–Crippen LogP) is 2.17. The first-order valence-electron chi connectivity index (χ1n) is 9.58. The molecule has 5 heteroatoms. The molecule has 5 nitrogen and oxygen atoms in total. The van der Waals surface area contributed by atoms with Gasteiger partial charge >= 0.3 is 11.8 Å². The number of hydrogen-bond acceptors (Lipinski definition) is 3. The minimum Gasteiger partial charge on any atom is -0.345 e. The summed E-state index contributed by atoms with van der Waals surface area (Å²) in [5, 5.41) is 2.96. The van der Waals surface area contributed by atoms with Gasteiger partial charge in [-0.25, -0.2) is 0 Å². The molecule has 25 heavy (non-hydrogen) atoms. The normalized spacial score (nSPS) is 20.1. The third-order valence-electron chi connectivity index (χ3n) is 5.26. The molecular weight excluding hydrogens is 314 g/mol. The second kappa shape index (κ2) is 8.99. The Kier molecular flexibility index (Phi) is 6.45. The predicted molar refractivity (Wildman–Crippen MR) is 97.9 cm³/mol. The molecule has 0 radical (unpaired) electrons. The molecule has 1 aromatic rings. The molecule has 0 aliphatic carbocycles. The molecule has 2 aliphatic rings. The first kappa shape index (κ1) is 17.9. The monoisotopic (exact) mass is 343 g/mol. The van der Waals surface area contributed by atoms with Crippen molar-refractivity contribution in [1.82, 2.24) is 15.1 Å². The highest BCUT2D eigenvalue weighted by molar-refractivity contribution is 6.35. The van der Waals surface area contributed by atoms with Crippen LogP contribution in [-0.4, -0.2) is 53.8 Å². The number of nitrogens with zero attached hydrogens (tertiary/aromatic N) is 2. The number of rotatable bonds is 3. The summed E-state index contributed by atoms with van der Waals surface area (Å²) < 4.78 is 0. The summed E-state index contributed by atoms with van der Waals surface area (Å²) in [5.74, 6) is -0.753. The lowest BCUT2D eigenvalue weighted by Crippen LogP contribution is -2.50. The zero-order valence-corrected chi connectivity index (χ0v) is 15.0. The number of nitrogens with one attached hydrogen (secondary N) is 1. The topological polar surface area (TPSA) is 52.7 Å². The van der Waals surface area contributed by atoms with Crippen molar-refractivity contribution in [2.45, 2.75) is 51.1 Å². The van der Waals surface area contributed by atoms with Crippen LogP contribution in [0.15, 0.2) is 30.3 Å². The third kappa shape index (κ3) is 5.30. The first-order chi connectivity index (χ1) is 12.2. The van der Waals surface area contributed by atoms with E-state index in [1.165, 1.54) is 5.56 Å². The molecule has 136 valence electrons. The SMILES string of the molecule is O=C(NC1CCN(Cc2ccccc2)CC1)C(=O)N1CCCCCC1. The molecule has 2 aliphatic heterocycles. The number of piperidine rings is 1. The van der Waals surface area contributed by atoms with Crippen LogP contribution in [0.4, 0.5) is 0 Å². The van der Waals surface area contributed by atoms with Crippen LogP contribution in [0.1, 0.15) is 44.1 Å². The van der Waals surface area contributed by atoms with E-state index in [-0.39, 0.29) is 11.9 Å². The maximum atomic E-state index is 12.3. The molecule has 0 spiro atoms. The Morgan fingerprint density at radius 1 is 0.920 bits per heavy atom. The maximum Gasteiger partial charge on any atom is 0.311 e. The van der Waals surface area contributed by atoms with Crippen LogP contribution in [0.5, 0.6) is 0 Å². The Labute approximate surface area is 150 Å². The molecule has 0 bridgehead atoms. The summed E-state index contributed by atoms with van der Waals surface area (Å²) in [6, 6.07) is 10.6. The van der Waals surface area contributed by atoms with Crippen LogP contribution in [0.25, 0.3) is 0 Å². The van der Waals surface area contributed by atoms with E-state index in [4.69, 9.17) is 0 Å². The van der Waals surface area contributed by atoms with Crippen molar-refractivity contribution in [2.24, 2.45) is 0 Å². The molecule has 0 unspecified atom stereocenters. The highest BCUT2D eigenvalue weighted by atomic mass is 16.2. The molecule has 0 atom stereocenters. The molecule has 1 N–H and O–H groups in total. The number of likely N-dealkylation sites (tertiary alicyclic amines) is 2. The lowest BCUT2D eigenvalue weighted by atomic mass is 10.0. The van der Waals surface area contributed by atoms with Gasteiger partial charge in [0.05, 0.1) is 0 Å². The highest BCUT2D eigenvalue weighted by Crippen LogP contribution is 2.14. The quantitative estimate of drug-likeness (QED) is 0.856. The highest BCUT2D eigenvalue weighted by Gasteiger charge is 2.26. The average molecular weight is 343 g/mol. The fourth-order valence-electron chi connectivity index (χ4n) is 3.74. The van der Waals surface area contributed by atoms with Gasteiger partial charge < -0.3 is 10.2 Å². The van der Waals surface area contributed by atoms with E-state index >= 15 is 0 Å². The van der Waals surface area contributed by atoms with E-state index in [9.17, 15) is 9.59 Å². The molecular formula is C20H29N3O2. The van der Waals surface area contributed by atoms with E-state index in [0.717, 1.165) is 71.2 Å². The zero-order valence-electron chi connectivity index (χ0n) is 15.0. The molecule has 2 fully saturated rings. The number of carbonyl (C=O) groups excluding carboxylic acids is 2. The molecule has 3 rings (SSSR count). The van der Waals surface area contributed by atoms with Crippen molar-refractivity contribution in [3.8, 4) is 0 Å². The molecule has 2 amide bonds.